The molecule has 1 rings (SSSR count). The van der Waals surface area contributed by atoms with Gasteiger partial charge in [-0.25, -0.2) is 0 Å². The molecule has 132 valence electrons. The summed E-state index contributed by atoms with van der Waals surface area (Å²) in [5.41, 5.74) is 0.294. The van der Waals surface area contributed by atoms with Gasteiger partial charge in [0.15, 0.2) is 0 Å². The average Bonchev–Trinajstić information content (AvgIpc) is 2.53. The molecule has 0 aromatic heterocycles. The lowest BCUT2D eigenvalue weighted by Gasteiger charge is -2.19. The molecular formula is C16H21Cl2N3O3. The second kappa shape index (κ2) is 9.49. The number of benzene rings is 1. The van der Waals surface area contributed by atoms with E-state index in [2.05, 4.69) is 16.0 Å². The molecule has 0 aliphatic carbocycles. The number of halogens is 2. The van der Waals surface area contributed by atoms with E-state index in [9.17, 15) is 14.4 Å². The maximum Gasteiger partial charge on any atom is 0.251 e. The lowest BCUT2D eigenvalue weighted by atomic mass is 10.0. The van der Waals surface area contributed by atoms with E-state index in [1.54, 1.807) is 0 Å². The zero-order chi connectivity index (χ0) is 18.3. The van der Waals surface area contributed by atoms with Gasteiger partial charge in [0.2, 0.25) is 11.8 Å². The molecule has 8 heteroatoms. The average molecular weight is 374 g/mol. The smallest absolute Gasteiger partial charge is 0.251 e. The number of hydrogen-bond donors (Lipinski definition) is 3. The van der Waals surface area contributed by atoms with Gasteiger partial charge in [-0.3, -0.25) is 14.4 Å². The second-order valence-electron chi connectivity index (χ2n) is 5.68. The molecule has 1 aromatic carbocycles. The van der Waals surface area contributed by atoms with Gasteiger partial charge in [-0.2, -0.15) is 0 Å². The number of amides is 3. The Morgan fingerprint density at radius 1 is 1.12 bits per heavy atom. The summed E-state index contributed by atoms with van der Waals surface area (Å²) >= 11 is 11.6. The van der Waals surface area contributed by atoms with Crippen molar-refractivity contribution < 1.29 is 14.4 Å². The van der Waals surface area contributed by atoms with Crippen molar-refractivity contribution in [1.82, 2.24) is 16.0 Å². The van der Waals surface area contributed by atoms with Crippen LogP contribution < -0.4 is 16.0 Å². The summed E-state index contributed by atoms with van der Waals surface area (Å²) in [4.78, 5) is 35.7. The van der Waals surface area contributed by atoms with Crippen molar-refractivity contribution in [1.29, 1.82) is 0 Å². The predicted octanol–water partition coefficient (Wildman–Crippen LogP) is 2.00. The zero-order valence-corrected chi connectivity index (χ0v) is 15.3. The van der Waals surface area contributed by atoms with Gasteiger partial charge in [0, 0.05) is 12.6 Å². The summed E-state index contributed by atoms with van der Waals surface area (Å²) < 4.78 is 0. The molecule has 0 aliphatic heterocycles. The summed E-state index contributed by atoms with van der Waals surface area (Å²) in [5, 5.41) is 8.20. The minimum absolute atomic E-state index is 0.235. The molecule has 0 aliphatic rings. The van der Waals surface area contributed by atoms with Crippen LogP contribution in [0.2, 0.25) is 10.0 Å². The monoisotopic (exact) mass is 373 g/mol. The topological polar surface area (TPSA) is 87.3 Å². The van der Waals surface area contributed by atoms with E-state index in [0.29, 0.717) is 17.0 Å². The number of hydrogen-bond acceptors (Lipinski definition) is 3. The van der Waals surface area contributed by atoms with Crippen LogP contribution in [0.25, 0.3) is 0 Å². The molecule has 0 saturated carbocycles. The molecule has 24 heavy (non-hydrogen) atoms. The van der Waals surface area contributed by atoms with Crippen molar-refractivity contribution in [2.45, 2.75) is 26.3 Å². The van der Waals surface area contributed by atoms with E-state index in [4.69, 9.17) is 23.2 Å². The molecule has 1 unspecified atom stereocenters. The first-order valence-corrected chi connectivity index (χ1v) is 8.24. The maximum absolute atomic E-state index is 12.0. The van der Waals surface area contributed by atoms with Crippen LogP contribution in [0, 0.1) is 5.92 Å². The molecule has 0 radical (unpaired) electrons. The van der Waals surface area contributed by atoms with Crippen LogP contribution >= 0.6 is 23.2 Å². The van der Waals surface area contributed by atoms with Gasteiger partial charge >= 0.3 is 0 Å². The minimum Gasteiger partial charge on any atom is -0.357 e. The first kappa shape index (κ1) is 20.3. The Kier molecular flexibility index (Phi) is 8.01. The van der Waals surface area contributed by atoms with E-state index in [0.717, 1.165) is 0 Å². The van der Waals surface area contributed by atoms with E-state index >= 15 is 0 Å². The molecule has 3 N–H and O–H groups in total. The third kappa shape index (κ3) is 6.37. The largest absolute Gasteiger partial charge is 0.357 e. The molecule has 6 nitrogen and oxygen atoms in total. The van der Waals surface area contributed by atoms with E-state index in [1.807, 2.05) is 13.8 Å². The molecule has 0 bridgehead atoms. The minimum atomic E-state index is -0.635. The highest BCUT2D eigenvalue weighted by Crippen LogP contribution is 2.22. The molecule has 0 fully saturated rings. The van der Waals surface area contributed by atoms with Crippen molar-refractivity contribution in [3.63, 3.8) is 0 Å². The fourth-order valence-corrected chi connectivity index (χ4v) is 2.32. The summed E-state index contributed by atoms with van der Waals surface area (Å²) in [6.45, 7) is 3.66. The van der Waals surface area contributed by atoms with Crippen LogP contribution in [0.4, 0.5) is 0 Å². The third-order valence-electron chi connectivity index (χ3n) is 3.20. The van der Waals surface area contributed by atoms with Crippen molar-refractivity contribution >= 4 is 40.9 Å². The number of carbonyl (C=O) groups is 3. The normalized spacial score (nSPS) is 11.8. The van der Waals surface area contributed by atoms with Crippen LogP contribution in [-0.4, -0.2) is 37.4 Å². The van der Waals surface area contributed by atoms with Crippen LogP contribution in [0.15, 0.2) is 18.2 Å². The van der Waals surface area contributed by atoms with Gasteiger partial charge in [-0.05, 0) is 30.5 Å². The fraction of sp³-hybridized carbons (Fsp3) is 0.438. The Morgan fingerprint density at radius 2 is 1.79 bits per heavy atom. The number of nitrogens with one attached hydrogen (secondary N) is 3. The second-order valence-corrected chi connectivity index (χ2v) is 6.49. The molecule has 1 aromatic rings. The first-order valence-electron chi connectivity index (χ1n) is 7.48. The van der Waals surface area contributed by atoms with E-state index in [1.165, 1.54) is 25.2 Å². The highest BCUT2D eigenvalue weighted by atomic mass is 35.5. The van der Waals surface area contributed by atoms with Gasteiger partial charge in [-0.1, -0.05) is 37.0 Å². The summed E-state index contributed by atoms with van der Waals surface area (Å²) in [6.07, 6.45) is 0.506. The predicted molar refractivity (Wildman–Crippen MR) is 94.2 cm³/mol. The zero-order valence-electron chi connectivity index (χ0n) is 13.8. The summed E-state index contributed by atoms with van der Waals surface area (Å²) in [7, 11) is 1.51. The highest BCUT2D eigenvalue weighted by Gasteiger charge is 2.21. The van der Waals surface area contributed by atoms with Gasteiger partial charge in [-0.15, -0.1) is 0 Å². The van der Waals surface area contributed by atoms with Gasteiger partial charge < -0.3 is 16.0 Å². The summed E-state index contributed by atoms with van der Waals surface area (Å²) in [6, 6.07) is 3.80. The Bertz CT molecular complexity index is 621. The van der Waals surface area contributed by atoms with Crippen LogP contribution in [0.3, 0.4) is 0 Å². The SMILES string of the molecule is CNC(=O)C(CC(C)C)NC(=O)CNC(=O)c1ccc(Cl)c(Cl)c1. The molecule has 0 saturated heterocycles. The molecule has 0 heterocycles. The highest BCUT2D eigenvalue weighted by molar-refractivity contribution is 6.42. The van der Waals surface area contributed by atoms with Crippen molar-refractivity contribution in [2.75, 3.05) is 13.6 Å². The number of carbonyl (C=O) groups excluding carboxylic acids is 3. The molecular weight excluding hydrogens is 353 g/mol. The lowest BCUT2D eigenvalue weighted by Crippen LogP contribution is -2.49. The molecule has 3 amide bonds. The lowest BCUT2D eigenvalue weighted by molar-refractivity contribution is -0.128. The van der Waals surface area contributed by atoms with Crippen LogP contribution in [0.5, 0.6) is 0 Å². The Morgan fingerprint density at radius 3 is 2.33 bits per heavy atom. The quantitative estimate of drug-likeness (QED) is 0.682. The third-order valence-corrected chi connectivity index (χ3v) is 3.94. The van der Waals surface area contributed by atoms with Crippen molar-refractivity contribution in [2.24, 2.45) is 5.92 Å². The van der Waals surface area contributed by atoms with Crippen LogP contribution in [-0.2, 0) is 9.59 Å². The summed E-state index contributed by atoms with van der Waals surface area (Å²) in [5.74, 6) is -0.937. The van der Waals surface area contributed by atoms with Crippen molar-refractivity contribution in [3.05, 3.63) is 33.8 Å². The van der Waals surface area contributed by atoms with E-state index < -0.39 is 17.9 Å². The van der Waals surface area contributed by atoms with Crippen molar-refractivity contribution in [3.8, 4) is 0 Å². The van der Waals surface area contributed by atoms with Gasteiger partial charge in [0.05, 0.1) is 16.6 Å². The van der Waals surface area contributed by atoms with E-state index in [-0.39, 0.29) is 23.4 Å². The Hall–Kier alpha value is -1.79. The Labute approximate surface area is 151 Å². The maximum atomic E-state index is 12.0. The number of likely N-dealkylation sites (N-methyl/N-ethyl adjacent to an activating group) is 1. The molecule has 0 spiro atoms. The van der Waals surface area contributed by atoms with Gasteiger partial charge in [0.25, 0.3) is 5.91 Å². The van der Waals surface area contributed by atoms with Crippen LogP contribution in [0.1, 0.15) is 30.6 Å². The van der Waals surface area contributed by atoms with Gasteiger partial charge in [0.1, 0.15) is 6.04 Å². The Balaban J connectivity index is 2.58. The fourth-order valence-electron chi connectivity index (χ4n) is 2.02. The first-order chi connectivity index (χ1) is 11.2. The molecule has 1 atom stereocenters. The number of rotatable bonds is 7. The standard InChI is InChI=1S/C16H21Cl2N3O3/c1-9(2)6-13(16(24)19-3)21-14(22)8-20-15(23)10-4-5-11(17)12(18)7-10/h4-5,7,9,13H,6,8H2,1-3H3,(H,19,24)(H,20,23)(H,21,22).